The lowest BCUT2D eigenvalue weighted by Gasteiger charge is -2.26. The van der Waals surface area contributed by atoms with Gasteiger partial charge in [-0.15, -0.1) is 0 Å². The quantitative estimate of drug-likeness (QED) is 0.706. The first-order chi connectivity index (χ1) is 15.1. The van der Waals surface area contributed by atoms with Gasteiger partial charge in [0.2, 0.25) is 10.0 Å². The molecule has 1 aromatic heterocycles. The fraction of sp³-hybridized carbons (Fsp3) is 0.522. The van der Waals surface area contributed by atoms with E-state index in [9.17, 15) is 13.2 Å². The molecule has 0 bridgehead atoms. The number of rotatable bonds is 7. The summed E-state index contributed by atoms with van der Waals surface area (Å²) in [5, 5.41) is 2.98. The van der Waals surface area contributed by atoms with Crippen molar-refractivity contribution in [2.45, 2.75) is 49.5 Å². The molecule has 2 aliphatic rings. The van der Waals surface area contributed by atoms with E-state index >= 15 is 0 Å². The third-order valence-corrected chi connectivity index (χ3v) is 8.10. The predicted octanol–water partition coefficient (Wildman–Crippen LogP) is 3.41. The highest BCUT2D eigenvalue weighted by Gasteiger charge is 2.28. The van der Waals surface area contributed by atoms with Gasteiger partial charge in [-0.05, 0) is 69.1 Å². The molecule has 0 radical (unpaired) electrons. The normalized spacial score (nSPS) is 19.7. The van der Waals surface area contributed by atoms with Gasteiger partial charge in [-0.2, -0.15) is 4.31 Å². The summed E-state index contributed by atoms with van der Waals surface area (Å²) in [5.41, 5.74) is 0.357. The summed E-state index contributed by atoms with van der Waals surface area (Å²) >= 11 is 0. The molecule has 0 unspecified atom stereocenters. The van der Waals surface area contributed by atoms with Gasteiger partial charge >= 0.3 is 0 Å². The van der Waals surface area contributed by atoms with Gasteiger partial charge in [-0.25, -0.2) is 8.42 Å². The molecular formula is C23H31N3O4S. The molecule has 2 saturated heterocycles. The first-order valence-electron chi connectivity index (χ1n) is 11.2. The SMILES string of the molecule is O=C(NC[C@H](c1ccco1)N1CCCC1)c1cccc(S(=O)(=O)N2CCCCCC2)c1. The molecule has 31 heavy (non-hydrogen) atoms. The first-order valence-corrected chi connectivity index (χ1v) is 12.7. The molecule has 1 aromatic carbocycles. The Morgan fingerprint density at radius 1 is 0.968 bits per heavy atom. The molecule has 7 nitrogen and oxygen atoms in total. The molecule has 0 spiro atoms. The molecule has 1 amide bonds. The molecule has 1 atom stereocenters. The highest BCUT2D eigenvalue weighted by Crippen LogP contribution is 2.25. The fourth-order valence-electron chi connectivity index (χ4n) is 4.46. The van der Waals surface area contributed by atoms with Crippen molar-refractivity contribution in [3.05, 3.63) is 54.0 Å². The van der Waals surface area contributed by atoms with Crippen LogP contribution < -0.4 is 5.32 Å². The Balaban J connectivity index is 1.46. The number of hydrogen-bond donors (Lipinski definition) is 1. The smallest absolute Gasteiger partial charge is 0.251 e. The van der Waals surface area contributed by atoms with Gasteiger partial charge in [0.1, 0.15) is 5.76 Å². The van der Waals surface area contributed by atoms with Crippen LogP contribution in [0.1, 0.15) is 60.7 Å². The number of nitrogens with one attached hydrogen (secondary N) is 1. The number of sulfonamides is 1. The predicted molar refractivity (Wildman–Crippen MR) is 118 cm³/mol. The van der Waals surface area contributed by atoms with E-state index in [-0.39, 0.29) is 16.8 Å². The molecule has 0 aliphatic carbocycles. The molecule has 2 aliphatic heterocycles. The van der Waals surface area contributed by atoms with Gasteiger partial charge in [-0.1, -0.05) is 18.9 Å². The van der Waals surface area contributed by atoms with Crippen LogP contribution in [0, 0.1) is 0 Å². The van der Waals surface area contributed by atoms with Gasteiger partial charge in [0, 0.05) is 25.2 Å². The lowest BCUT2D eigenvalue weighted by atomic mass is 10.1. The number of hydrogen-bond acceptors (Lipinski definition) is 5. The lowest BCUT2D eigenvalue weighted by Crippen LogP contribution is -2.36. The topological polar surface area (TPSA) is 82.9 Å². The van der Waals surface area contributed by atoms with Crippen LogP contribution in [0.15, 0.2) is 52.0 Å². The Morgan fingerprint density at radius 2 is 1.68 bits per heavy atom. The van der Waals surface area contributed by atoms with E-state index in [1.54, 1.807) is 28.8 Å². The number of carbonyl (C=O) groups is 1. The zero-order chi connectivity index (χ0) is 21.7. The Hall–Kier alpha value is -2.16. The Bertz CT molecular complexity index is 960. The number of nitrogens with zero attached hydrogens (tertiary/aromatic N) is 2. The van der Waals surface area contributed by atoms with Gasteiger partial charge in [0.15, 0.2) is 0 Å². The average molecular weight is 446 g/mol. The molecule has 0 saturated carbocycles. The van der Waals surface area contributed by atoms with Crippen LogP contribution in [-0.2, 0) is 10.0 Å². The van der Waals surface area contributed by atoms with E-state index in [4.69, 9.17) is 4.42 Å². The molecule has 1 N–H and O–H groups in total. The van der Waals surface area contributed by atoms with E-state index in [2.05, 4.69) is 10.2 Å². The van der Waals surface area contributed by atoms with Crippen molar-refractivity contribution in [1.29, 1.82) is 0 Å². The molecule has 168 valence electrons. The van der Waals surface area contributed by atoms with Crippen molar-refractivity contribution in [3.8, 4) is 0 Å². The third-order valence-electron chi connectivity index (χ3n) is 6.21. The largest absolute Gasteiger partial charge is 0.468 e. The zero-order valence-electron chi connectivity index (χ0n) is 17.8. The van der Waals surface area contributed by atoms with Crippen LogP contribution in [0.25, 0.3) is 0 Å². The summed E-state index contributed by atoms with van der Waals surface area (Å²) in [6.07, 6.45) is 7.80. The zero-order valence-corrected chi connectivity index (χ0v) is 18.6. The summed E-state index contributed by atoms with van der Waals surface area (Å²) in [5.74, 6) is 0.559. The minimum absolute atomic E-state index is 0.0227. The van der Waals surface area contributed by atoms with E-state index in [1.807, 2.05) is 12.1 Å². The highest BCUT2D eigenvalue weighted by atomic mass is 32.2. The summed E-state index contributed by atoms with van der Waals surface area (Å²) in [6.45, 7) is 3.45. The van der Waals surface area contributed by atoms with Crippen molar-refractivity contribution < 1.29 is 17.6 Å². The number of furan rings is 1. The van der Waals surface area contributed by atoms with Gasteiger partial charge < -0.3 is 9.73 Å². The van der Waals surface area contributed by atoms with Crippen molar-refractivity contribution in [3.63, 3.8) is 0 Å². The number of carbonyl (C=O) groups excluding carboxylic acids is 1. The van der Waals surface area contributed by atoms with Crippen LogP contribution in [0.4, 0.5) is 0 Å². The number of benzene rings is 1. The van der Waals surface area contributed by atoms with Crippen LogP contribution in [0.5, 0.6) is 0 Å². The van der Waals surface area contributed by atoms with Gasteiger partial charge in [0.05, 0.1) is 17.2 Å². The maximum Gasteiger partial charge on any atom is 0.251 e. The average Bonchev–Trinajstić information content (AvgIpc) is 3.44. The summed E-state index contributed by atoms with van der Waals surface area (Å²) < 4.78 is 33.3. The van der Waals surface area contributed by atoms with Crippen molar-refractivity contribution in [2.75, 3.05) is 32.7 Å². The molecule has 8 heteroatoms. The number of likely N-dealkylation sites (tertiary alicyclic amines) is 1. The van der Waals surface area contributed by atoms with E-state index in [1.165, 1.54) is 6.07 Å². The Labute approximate surface area is 184 Å². The molecule has 2 aromatic rings. The van der Waals surface area contributed by atoms with Crippen LogP contribution >= 0.6 is 0 Å². The van der Waals surface area contributed by atoms with E-state index in [0.29, 0.717) is 25.2 Å². The minimum Gasteiger partial charge on any atom is -0.468 e. The van der Waals surface area contributed by atoms with Crippen LogP contribution in [-0.4, -0.2) is 56.3 Å². The monoisotopic (exact) mass is 445 g/mol. The van der Waals surface area contributed by atoms with E-state index in [0.717, 1.165) is 57.4 Å². The fourth-order valence-corrected chi connectivity index (χ4v) is 6.03. The van der Waals surface area contributed by atoms with Crippen molar-refractivity contribution in [2.24, 2.45) is 0 Å². The standard InChI is InChI=1S/C23H31N3O4S/c27-23(24-18-21(22-11-8-16-30-22)25-12-5-6-13-25)19-9-7-10-20(17-19)31(28,29)26-14-3-1-2-4-15-26/h7-11,16-17,21H,1-6,12-15,18H2,(H,24,27)/t21-/m1/s1. The molecule has 4 rings (SSSR count). The van der Waals surface area contributed by atoms with E-state index < -0.39 is 10.0 Å². The molecular weight excluding hydrogens is 414 g/mol. The van der Waals surface area contributed by atoms with Crippen LogP contribution in [0.3, 0.4) is 0 Å². The number of amides is 1. The van der Waals surface area contributed by atoms with Crippen molar-refractivity contribution >= 4 is 15.9 Å². The summed E-state index contributed by atoms with van der Waals surface area (Å²) in [4.78, 5) is 15.4. The second-order valence-corrected chi connectivity index (χ2v) is 10.3. The second kappa shape index (κ2) is 9.97. The van der Waals surface area contributed by atoms with Gasteiger partial charge in [-0.3, -0.25) is 9.69 Å². The highest BCUT2D eigenvalue weighted by molar-refractivity contribution is 7.89. The molecule has 2 fully saturated rings. The molecule has 3 heterocycles. The summed E-state index contributed by atoms with van der Waals surface area (Å²) in [6, 6.07) is 10.1. The second-order valence-electron chi connectivity index (χ2n) is 8.33. The Kier molecular flexibility index (Phi) is 7.09. The maximum absolute atomic E-state index is 13.1. The summed E-state index contributed by atoms with van der Waals surface area (Å²) in [7, 11) is -3.59. The Morgan fingerprint density at radius 3 is 2.35 bits per heavy atom. The van der Waals surface area contributed by atoms with Crippen molar-refractivity contribution in [1.82, 2.24) is 14.5 Å². The maximum atomic E-state index is 13.1. The third kappa shape index (κ3) is 5.19. The van der Waals surface area contributed by atoms with Crippen LogP contribution in [0.2, 0.25) is 0 Å². The van der Waals surface area contributed by atoms with Gasteiger partial charge in [0.25, 0.3) is 5.91 Å². The first kappa shape index (κ1) is 22.0. The minimum atomic E-state index is -3.59. The lowest BCUT2D eigenvalue weighted by molar-refractivity contribution is 0.0933.